The van der Waals surface area contributed by atoms with Gasteiger partial charge in [-0.3, -0.25) is 0 Å². The van der Waals surface area contributed by atoms with Crippen molar-refractivity contribution >= 4 is 0 Å². The largest absolute Gasteiger partial charge is 0.370 e. The molecular formula is C19H28O3. The van der Waals surface area contributed by atoms with Crippen molar-refractivity contribution in [2.75, 3.05) is 0 Å². The number of epoxide rings is 3. The van der Waals surface area contributed by atoms with Crippen molar-refractivity contribution in [1.82, 2.24) is 0 Å². The summed E-state index contributed by atoms with van der Waals surface area (Å²) in [5.74, 6) is 1.57. The lowest BCUT2D eigenvalue weighted by Crippen LogP contribution is -2.52. The quantitative estimate of drug-likeness (QED) is 0.733. The molecule has 0 N–H and O–H groups in total. The van der Waals surface area contributed by atoms with Crippen LogP contribution in [0.15, 0.2) is 0 Å². The van der Waals surface area contributed by atoms with Crippen molar-refractivity contribution in [3.8, 4) is 0 Å². The monoisotopic (exact) mass is 304 g/mol. The van der Waals surface area contributed by atoms with Crippen LogP contribution < -0.4 is 0 Å². The van der Waals surface area contributed by atoms with E-state index in [-0.39, 0.29) is 5.60 Å². The Bertz CT molecular complexity index is 479. The summed E-state index contributed by atoms with van der Waals surface area (Å²) in [4.78, 5) is 0. The minimum absolute atomic E-state index is 0.203. The highest BCUT2D eigenvalue weighted by atomic mass is 16.6. The van der Waals surface area contributed by atoms with Crippen LogP contribution in [-0.2, 0) is 14.2 Å². The summed E-state index contributed by atoms with van der Waals surface area (Å²) in [6.07, 6.45) is 14.8. The Morgan fingerprint density at radius 3 is 2.18 bits per heavy atom. The molecule has 22 heavy (non-hydrogen) atoms. The number of rotatable bonds is 2. The van der Waals surface area contributed by atoms with Crippen molar-refractivity contribution in [3.05, 3.63) is 0 Å². The minimum atomic E-state index is 0.203. The Kier molecular flexibility index (Phi) is 2.46. The van der Waals surface area contributed by atoms with Gasteiger partial charge in [0.05, 0.1) is 30.5 Å². The second-order valence-corrected chi connectivity index (χ2v) is 9.16. The molecule has 6 fully saturated rings. The standard InChI is InChI=1S/C19H28O3/c1-18(11-4-6-13-15(9-11)20-13)8-2-3-17-19(18,22-17)12-5-7-14-16(10-12)21-14/h11-17H,2-10H2,1H3. The first-order chi connectivity index (χ1) is 10.7. The average molecular weight is 304 g/mol. The molecule has 3 saturated heterocycles. The fraction of sp³-hybridized carbons (Fsp3) is 1.00. The van der Waals surface area contributed by atoms with E-state index in [1.54, 1.807) is 0 Å². The number of hydrogen-bond donors (Lipinski definition) is 0. The molecule has 0 amide bonds. The first-order valence-electron chi connectivity index (χ1n) is 9.69. The summed E-state index contributed by atoms with van der Waals surface area (Å²) < 4.78 is 18.3. The Morgan fingerprint density at radius 1 is 0.773 bits per heavy atom. The Hall–Kier alpha value is -0.120. The van der Waals surface area contributed by atoms with E-state index in [2.05, 4.69) is 6.92 Å². The van der Waals surface area contributed by atoms with Crippen molar-refractivity contribution in [2.24, 2.45) is 17.3 Å². The molecule has 6 rings (SSSR count). The molecule has 0 aromatic rings. The van der Waals surface area contributed by atoms with Gasteiger partial charge in [-0.05, 0) is 63.2 Å². The molecule has 0 spiro atoms. The number of ether oxygens (including phenoxy) is 3. The topological polar surface area (TPSA) is 37.6 Å². The maximum absolute atomic E-state index is 6.59. The Labute approximate surface area is 133 Å². The van der Waals surface area contributed by atoms with Crippen molar-refractivity contribution in [1.29, 1.82) is 0 Å². The van der Waals surface area contributed by atoms with E-state index in [0.717, 1.165) is 11.8 Å². The SMILES string of the molecule is CC1(C2CCC3OC3C2)CCCC2OC21C1CCC2OC2C1. The van der Waals surface area contributed by atoms with Gasteiger partial charge in [0.15, 0.2) is 0 Å². The molecule has 122 valence electrons. The van der Waals surface area contributed by atoms with Crippen LogP contribution in [0.5, 0.6) is 0 Å². The lowest BCUT2D eigenvalue weighted by Gasteiger charge is -2.49. The fourth-order valence-electron chi connectivity index (χ4n) is 6.95. The molecule has 3 aliphatic carbocycles. The zero-order valence-electron chi connectivity index (χ0n) is 13.6. The average Bonchev–Trinajstić information content (AvgIpc) is 3.42. The maximum atomic E-state index is 6.59. The summed E-state index contributed by atoms with van der Waals surface area (Å²) in [5.41, 5.74) is 0.591. The molecule has 6 aliphatic rings. The third-order valence-electron chi connectivity index (χ3n) is 8.33. The third kappa shape index (κ3) is 1.58. The molecule has 9 unspecified atom stereocenters. The molecular weight excluding hydrogens is 276 g/mol. The van der Waals surface area contributed by atoms with E-state index in [0.29, 0.717) is 35.9 Å². The van der Waals surface area contributed by atoms with Crippen LogP contribution in [0, 0.1) is 17.3 Å². The number of hydrogen-bond acceptors (Lipinski definition) is 3. The van der Waals surface area contributed by atoms with Gasteiger partial charge in [0.25, 0.3) is 0 Å². The van der Waals surface area contributed by atoms with E-state index in [1.807, 2.05) is 0 Å². The second-order valence-electron chi connectivity index (χ2n) is 9.16. The van der Waals surface area contributed by atoms with E-state index in [4.69, 9.17) is 14.2 Å². The van der Waals surface area contributed by atoms with Crippen LogP contribution in [-0.4, -0.2) is 36.1 Å². The van der Waals surface area contributed by atoms with Gasteiger partial charge >= 0.3 is 0 Å². The highest BCUT2D eigenvalue weighted by molar-refractivity contribution is 5.22. The first kappa shape index (κ1) is 13.2. The normalized spacial score (nSPS) is 65.0. The summed E-state index contributed by atoms with van der Waals surface area (Å²) in [5, 5.41) is 0. The van der Waals surface area contributed by atoms with Gasteiger partial charge in [-0.1, -0.05) is 13.3 Å². The molecule has 0 aromatic carbocycles. The van der Waals surface area contributed by atoms with Gasteiger partial charge in [-0.25, -0.2) is 0 Å². The Morgan fingerprint density at radius 2 is 1.45 bits per heavy atom. The second kappa shape index (κ2) is 4.10. The molecule has 3 aliphatic heterocycles. The molecule has 3 nitrogen and oxygen atoms in total. The van der Waals surface area contributed by atoms with Crippen molar-refractivity contribution < 1.29 is 14.2 Å². The molecule has 0 radical (unpaired) electrons. The van der Waals surface area contributed by atoms with Crippen LogP contribution in [0.25, 0.3) is 0 Å². The lowest BCUT2D eigenvalue weighted by molar-refractivity contribution is -0.0213. The van der Waals surface area contributed by atoms with E-state index >= 15 is 0 Å². The smallest absolute Gasteiger partial charge is 0.103 e. The first-order valence-corrected chi connectivity index (χ1v) is 9.69. The highest BCUT2D eigenvalue weighted by Gasteiger charge is 2.74. The van der Waals surface area contributed by atoms with Crippen LogP contribution >= 0.6 is 0 Å². The van der Waals surface area contributed by atoms with Crippen molar-refractivity contribution in [3.63, 3.8) is 0 Å². The molecule has 3 saturated carbocycles. The lowest BCUT2D eigenvalue weighted by atomic mass is 9.53. The van der Waals surface area contributed by atoms with Crippen molar-refractivity contribution in [2.45, 2.75) is 101 Å². The number of fused-ring (bicyclic) bond motifs is 3. The van der Waals surface area contributed by atoms with Crippen LogP contribution in [0.2, 0.25) is 0 Å². The summed E-state index contributed by atoms with van der Waals surface area (Å²) in [6, 6.07) is 0. The van der Waals surface area contributed by atoms with E-state index in [9.17, 15) is 0 Å². The van der Waals surface area contributed by atoms with Crippen LogP contribution in [0.4, 0.5) is 0 Å². The van der Waals surface area contributed by atoms with E-state index < -0.39 is 0 Å². The Balaban J connectivity index is 1.32. The predicted molar refractivity (Wildman–Crippen MR) is 81.6 cm³/mol. The molecule has 0 bridgehead atoms. The van der Waals surface area contributed by atoms with Gasteiger partial charge < -0.3 is 14.2 Å². The summed E-state index contributed by atoms with van der Waals surface area (Å²) in [6.45, 7) is 2.58. The van der Waals surface area contributed by atoms with Crippen LogP contribution in [0.3, 0.4) is 0 Å². The van der Waals surface area contributed by atoms with Gasteiger partial charge in [-0.2, -0.15) is 0 Å². The predicted octanol–water partition coefficient (Wildman–Crippen LogP) is 3.45. The zero-order valence-corrected chi connectivity index (χ0v) is 13.6. The summed E-state index contributed by atoms with van der Waals surface area (Å²) in [7, 11) is 0. The van der Waals surface area contributed by atoms with E-state index in [1.165, 1.54) is 57.8 Å². The molecule has 0 aromatic heterocycles. The highest BCUT2D eigenvalue weighted by Crippen LogP contribution is 2.69. The maximum Gasteiger partial charge on any atom is 0.103 e. The molecule has 9 atom stereocenters. The third-order valence-corrected chi connectivity index (χ3v) is 8.33. The van der Waals surface area contributed by atoms with Gasteiger partial charge in [0, 0.05) is 5.41 Å². The fourth-order valence-corrected chi connectivity index (χ4v) is 6.95. The molecule has 3 heterocycles. The van der Waals surface area contributed by atoms with Gasteiger partial charge in [0.1, 0.15) is 5.60 Å². The summed E-state index contributed by atoms with van der Waals surface area (Å²) >= 11 is 0. The molecule has 3 heteroatoms. The zero-order chi connectivity index (χ0) is 14.5. The van der Waals surface area contributed by atoms with Gasteiger partial charge in [0.2, 0.25) is 0 Å². The van der Waals surface area contributed by atoms with Gasteiger partial charge in [-0.15, -0.1) is 0 Å². The minimum Gasteiger partial charge on any atom is -0.370 e. The van der Waals surface area contributed by atoms with Crippen LogP contribution in [0.1, 0.15) is 64.7 Å².